The van der Waals surface area contributed by atoms with Crippen LogP contribution in [0.3, 0.4) is 0 Å². The summed E-state index contributed by atoms with van der Waals surface area (Å²) in [6, 6.07) is 7.26. The van der Waals surface area contributed by atoms with E-state index in [1.165, 1.54) is 6.26 Å². The van der Waals surface area contributed by atoms with E-state index >= 15 is 0 Å². The van der Waals surface area contributed by atoms with Gasteiger partial charge in [-0.3, -0.25) is 0 Å². The fourth-order valence-corrected chi connectivity index (χ4v) is 3.47. The van der Waals surface area contributed by atoms with Crippen LogP contribution in [0.2, 0.25) is 0 Å². The number of hydrogen-bond donors (Lipinski definition) is 2. The Balaban J connectivity index is 1.79. The Hall–Kier alpha value is -1.11. The van der Waals surface area contributed by atoms with Crippen LogP contribution in [-0.2, 0) is 14.6 Å². The van der Waals surface area contributed by atoms with Crippen LogP contribution in [0, 0.1) is 0 Å². The second-order valence-electron chi connectivity index (χ2n) is 5.60. The zero-order chi connectivity index (χ0) is 15.3. The van der Waals surface area contributed by atoms with Crippen molar-refractivity contribution in [3.63, 3.8) is 0 Å². The van der Waals surface area contributed by atoms with Crippen molar-refractivity contribution in [1.82, 2.24) is 0 Å². The molecule has 0 aliphatic heterocycles. The summed E-state index contributed by atoms with van der Waals surface area (Å²) in [4.78, 5) is 0.327. The molecule has 1 saturated carbocycles. The molecule has 6 heteroatoms. The SMILES string of the molecule is CS(=O)(=O)c1ccccc1NCCOC1CCC(N)CC1. The molecule has 1 aromatic rings. The van der Waals surface area contributed by atoms with E-state index in [1.807, 2.05) is 6.07 Å². The Morgan fingerprint density at radius 2 is 1.90 bits per heavy atom. The summed E-state index contributed by atoms with van der Waals surface area (Å²) < 4.78 is 29.2. The standard InChI is InChI=1S/C15H24N2O3S/c1-21(18,19)15-5-3-2-4-14(15)17-10-11-20-13-8-6-12(16)7-9-13/h2-5,12-13,17H,6-11,16H2,1H3. The fraction of sp³-hybridized carbons (Fsp3) is 0.600. The molecule has 118 valence electrons. The third-order valence-corrected chi connectivity index (χ3v) is 4.93. The van der Waals surface area contributed by atoms with E-state index in [0.717, 1.165) is 25.7 Å². The first-order chi connectivity index (χ1) is 9.97. The number of para-hydroxylation sites is 1. The number of sulfone groups is 1. The Kier molecular flexibility index (Phi) is 5.61. The zero-order valence-corrected chi connectivity index (χ0v) is 13.2. The number of anilines is 1. The van der Waals surface area contributed by atoms with Crippen molar-refractivity contribution in [2.45, 2.75) is 42.7 Å². The van der Waals surface area contributed by atoms with E-state index in [4.69, 9.17) is 10.5 Å². The molecule has 0 radical (unpaired) electrons. The first-order valence-electron chi connectivity index (χ1n) is 7.37. The maximum Gasteiger partial charge on any atom is 0.177 e. The monoisotopic (exact) mass is 312 g/mol. The normalized spacial score (nSPS) is 23.0. The number of rotatable bonds is 6. The molecule has 0 saturated heterocycles. The van der Waals surface area contributed by atoms with Crippen LogP contribution >= 0.6 is 0 Å². The topological polar surface area (TPSA) is 81.4 Å². The highest BCUT2D eigenvalue weighted by Gasteiger charge is 2.18. The van der Waals surface area contributed by atoms with E-state index < -0.39 is 9.84 Å². The van der Waals surface area contributed by atoms with Gasteiger partial charge < -0.3 is 15.8 Å². The Morgan fingerprint density at radius 3 is 2.57 bits per heavy atom. The zero-order valence-electron chi connectivity index (χ0n) is 12.4. The van der Waals surface area contributed by atoms with Gasteiger partial charge in [-0.1, -0.05) is 12.1 Å². The first-order valence-corrected chi connectivity index (χ1v) is 9.26. The van der Waals surface area contributed by atoms with E-state index in [2.05, 4.69) is 5.32 Å². The van der Waals surface area contributed by atoms with E-state index in [-0.39, 0.29) is 6.10 Å². The molecule has 3 N–H and O–H groups in total. The Bertz CT molecular complexity index is 552. The first kappa shape index (κ1) is 16.3. The molecule has 0 unspecified atom stereocenters. The second-order valence-corrected chi connectivity index (χ2v) is 7.59. The van der Waals surface area contributed by atoms with Crippen molar-refractivity contribution in [3.8, 4) is 0 Å². The molecular weight excluding hydrogens is 288 g/mol. The quantitative estimate of drug-likeness (QED) is 0.783. The van der Waals surface area contributed by atoms with Crippen LogP contribution in [0.5, 0.6) is 0 Å². The van der Waals surface area contributed by atoms with Crippen molar-refractivity contribution in [3.05, 3.63) is 24.3 Å². The van der Waals surface area contributed by atoms with Crippen molar-refractivity contribution in [1.29, 1.82) is 0 Å². The molecule has 0 aromatic heterocycles. The lowest BCUT2D eigenvalue weighted by Crippen LogP contribution is -2.31. The molecular formula is C15H24N2O3S. The number of nitrogens with one attached hydrogen (secondary N) is 1. The van der Waals surface area contributed by atoms with Crippen LogP contribution < -0.4 is 11.1 Å². The number of nitrogens with two attached hydrogens (primary N) is 1. The van der Waals surface area contributed by atoms with Gasteiger partial charge in [0.15, 0.2) is 9.84 Å². The molecule has 1 aromatic carbocycles. The Labute approximate surface area is 126 Å². The molecule has 2 rings (SSSR count). The molecule has 0 spiro atoms. The lowest BCUT2D eigenvalue weighted by Gasteiger charge is -2.26. The Morgan fingerprint density at radius 1 is 1.24 bits per heavy atom. The van der Waals surface area contributed by atoms with Gasteiger partial charge in [0.1, 0.15) is 0 Å². The molecule has 1 aliphatic carbocycles. The molecule has 0 heterocycles. The highest BCUT2D eigenvalue weighted by molar-refractivity contribution is 7.90. The lowest BCUT2D eigenvalue weighted by atomic mass is 9.94. The average molecular weight is 312 g/mol. The summed E-state index contributed by atoms with van der Waals surface area (Å²) in [6.45, 7) is 1.16. The number of ether oxygens (including phenoxy) is 1. The van der Waals surface area contributed by atoms with E-state index in [1.54, 1.807) is 18.2 Å². The van der Waals surface area contributed by atoms with Gasteiger partial charge in [0.05, 0.1) is 23.3 Å². The van der Waals surface area contributed by atoms with E-state index in [0.29, 0.717) is 29.8 Å². The molecule has 0 bridgehead atoms. The maximum atomic E-state index is 11.7. The van der Waals surface area contributed by atoms with Crippen LogP contribution in [0.4, 0.5) is 5.69 Å². The van der Waals surface area contributed by atoms with Crippen molar-refractivity contribution < 1.29 is 13.2 Å². The van der Waals surface area contributed by atoms with Gasteiger partial charge in [0.2, 0.25) is 0 Å². The predicted molar refractivity (Wildman–Crippen MR) is 84.2 cm³/mol. The summed E-state index contributed by atoms with van der Waals surface area (Å²) in [5.74, 6) is 0. The maximum absolute atomic E-state index is 11.7. The van der Waals surface area contributed by atoms with Crippen molar-refractivity contribution in [2.75, 3.05) is 24.7 Å². The van der Waals surface area contributed by atoms with E-state index in [9.17, 15) is 8.42 Å². The largest absolute Gasteiger partial charge is 0.382 e. The summed E-state index contributed by atoms with van der Waals surface area (Å²) in [7, 11) is -3.21. The molecule has 0 atom stereocenters. The molecule has 5 nitrogen and oxygen atoms in total. The van der Waals surface area contributed by atoms with Gasteiger partial charge in [-0.25, -0.2) is 8.42 Å². The van der Waals surface area contributed by atoms with Crippen molar-refractivity contribution in [2.24, 2.45) is 5.73 Å². The third kappa shape index (κ3) is 4.98. The van der Waals surface area contributed by atoms with Gasteiger partial charge in [0.25, 0.3) is 0 Å². The average Bonchev–Trinajstić information content (AvgIpc) is 2.45. The fourth-order valence-electron chi connectivity index (χ4n) is 2.60. The third-order valence-electron chi connectivity index (χ3n) is 3.78. The second kappa shape index (κ2) is 7.24. The van der Waals surface area contributed by atoms with Crippen LogP contribution in [0.25, 0.3) is 0 Å². The molecule has 21 heavy (non-hydrogen) atoms. The predicted octanol–water partition coefficient (Wildman–Crippen LogP) is 1.79. The minimum absolute atomic E-state index is 0.289. The molecule has 1 fully saturated rings. The van der Waals surface area contributed by atoms with Gasteiger partial charge in [-0.05, 0) is 37.8 Å². The summed E-state index contributed by atoms with van der Waals surface area (Å²) >= 11 is 0. The van der Waals surface area contributed by atoms with Crippen LogP contribution in [-0.4, -0.2) is 40.0 Å². The van der Waals surface area contributed by atoms with Gasteiger partial charge >= 0.3 is 0 Å². The van der Waals surface area contributed by atoms with Gasteiger partial charge in [-0.15, -0.1) is 0 Å². The van der Waals surface area contributed by atoms with Crippen LogP contribution in [0.15, 0.2) is 29.2 Å². The van der Waals surface area contributed by atoms with Crippen molar-refractivity contribution >= 4 is 15.5 Å². The number of benzene rings is 1. The smallest absolute Gasteiger partial charge is 0.177 e. The van der Waals surface area contributed by atoms with Crippen LogP contribution in [0.1, 0.15) is 25.7 Å². The van der Waals surface area contributed by atoms with Gasteiger partial charge in [-0.2, -0.15) is 0 Å². The lowest BCUT2D eigenvalue weighted by molar-refractivity contribution is 0.0313. The highest BCUT2D eigenvalue weighted by Crippen LogP contribution is 2.21. The van der Waals surface area contributed by atoms with Gasteiger partial charge in [0, 0.05) is 18.8 Å². The minimum atomic E-state index is -3.21. The highest BCUT2D eigenvalue weighted by atomic mass is 32.2. The summed E-state index contributed by atoms with van der Waals surface area (Å²) in [5.41, 5.74) is 6.49. The molecule has 1 aliphatic rings. The molecule has 0 amide bonds. The summed E-state index contributed by atoms with van der Waals surface area (Å²) in [5, 5.41) is 3.14. The summed E-state index contributed by atoms with van der Waals surface area (Å²) in [6.07, 6.45) is 5.58. The minimum Gasteiger partial charge on any atom is -0.382 e. The number of hydrogen-bond acceptors (Lipinski definition) is 5.